The molecule has 3 aliphatic carbocycles. The summed E-state index contributed by atoms with van der Waals surface area (Å²) in [4.78, 5) is 33.4. The Bertz CT molecular complexity index is 1090. The first-order valence-electron chi connectivity index (χ1n) is 10.8. The largest absolute Gasteiger partial charge is 0.481 e. The lowest BCUT2D eigenvalue weighted by Gasteiger charge is -2.47. The van der Waals surface area contributed by atoms with Crippen molar-refractivity contribution in [1.82, 2.24) is 15.0 Å². The van der Waals surface area contributed by atoms with Gasteiger partial charge in [0.25, 0.3) is 0 Å². The van der Waals surface area contributed by atoms with Gasteiger partial charge in [-0.2, -0.15) is 0 Å². The fraction of sp³-hybridized carbons (Fsp3) is 0.478. The summed E-state index contributed by atoms with van der Waals surface area (Å²) in [5.74, 6) is -0.980. The molecule has 2 N–H and O–H groups in total. The SMILES string of the molecule is C=Nc1cc(N=C(C)C)c(-c2nc(C)c(F)c(N[C@H]3C4CCC(CC4)C3C(=O)O)n2)cn1. The average Bonchev–Trinajstić information content (AvgIpc) is 2.76. The number of pyridine rings is 1. The number of halogens is 1. The van der Waals surface area contributed by atoms with E-state index in [1.165, 1.54) is 0 Å². The molecule has 2 aromatic heterocycles. The molecule has 9 heteroatoms. The van der Waals surface area contributed by atoms with Gasteiger partial charge in [-0.1, -0.05) is 0 Å². The van der Waals surface area contributed by atoms with Crippen LogP contribution in [-0.4, -0.2) is 44.5 Å². The maximum absolute atomic E-state index is 15.1. The lowest BCUT2D eigenvalue weighted by atomic mass is 9.61. The van der Waals surface area contributed by atoms with E-state index in [4.69, 9.17) is 0 Å². The number of fused-ring (bicyclic) bond motifs is 3. The molecule has 3 saturated carbocycles. The van der Waals surface area contributed by atoms with Crippen LogP contribution in [0.25, 0.3) is 11.4 Å². The lowest BCUT2D eigenvalue weighted by molar-refractivity contribution is -0.148. The van der Waals surface area contributed by atoms with Crippen molar-refractivity contribution in [1.29, 1.82) is 0 Å². The summed E-state index contributed by atoms with van der Waals surface area (Å²) in [7, 11) is 0. The molecular weight excluding hydrogens is 411 g/mol. The second-order valence-corrected chi connectivity index (χ2v) is 8.78. The van der Waals surface area contributed by atoms with Crippen LogP contribution in [0.3, 0.4) is 0 Å². The molecule has 2 atom stereocenters. The van der Waals surface area contributed by atoms with Gasteiger partial charge in [0, 0.05) is 24.0 Å². The number of aliphatic imine (C=N–C) groups is 2. The van der Waals surface area contributed by atoms with E-state index in [1.54, 1.807) is 19.2 Å². The number of rotatable bonds is 6. The van der Waals surface area contributed by atoms with E-state index in [1.807, 2.05) is 13.8 Å². The van der Waals surface area contributed by atoms with Crippen molar-refractivity contribution in [3.05, 3.63) is 23.8 Å². The summed E-state index contributed by atoms with van der Waals surface area (Å²) in [5.41, 5.74) is 2.07. The minimum atomic E-state index is -0.838. The van der Waals surface area contributed by atoms with Crippen molar-refractivity contribution >= 4 is 35.7 Å². The molecular formula is C23H27FN6O2. The van der Waals surface area contributed by atoms with Crippen LogP contribution in [0.15, 0.2) is 22.2 Å². The van der Waals surface area contributed by atoms with Crippen LogP contribution in [0.4, 0.5) is 21.7 Å². The summed E-state index contributed by atoms with van der Waals surface area (Å²) < 4.78 is 15.1. The van der Waals surface area contributed by atoms with Crippen LogP contribution < -0.4 is 5.32 Å². The van der Waals surface area contributed by atoms with Crippen molar-refractivity contribution in [3.63, 3.8) is 0 Å². The molecule has 0 aromatic carbocycles. The molecule has 168 valence electrons. The summed E-state index contributed by atoms with van der Waals surface area (Å²) in [6.45, 7) is 8.78. The van der Waals surface area contributed by atoms with E-state index < -0.39 is 17.7 Å². The van der Waals surface area contributed by atoms with Crippen molar-refractivity contribution in [2.45, 2.75) is 52.5 Å². The highest BCUT2D eigenvalue weighted by Crippen LogP contribution is 2.46. The number of aliphatic carboxylic acids is 1. The Hall–Kier alpha value is -3.23. The fourth-order valence-electron chi connectivity index (χ4n) is 4.97. The number of carbonyl (C=O) groups is 1. The minimum absolute atomic E-state index is 0.0189. The second-order valence-electron chi connectivity index (χ2n) is 8.78. The standard InChI is InChI=1S/C23H27FN6O2/c1-11(2)27-16-9-17(25-4)26-10-15(16)21-28-12(3)19(24)22(30-21)29-20-14-7-5-13(6-8-14)18(20)23(31)32/h9-10,13-14,18,20H,4-8H2,1-3H3,(H,31,32)(H,28,29,30)/t13?,14?,18?,20-/m0/s1. The van der Waals surface area contributed by atoms with Crippen molar-refractivity contribution in [2.75, 3.05) is 5.32 Å². The first kappa shape index (κ1) is 22.0. The molecule has 32 heavy (non-hydrogen) atoms. The first-order chi connectivity index (χ1) is 15.3. The third-order valence-electron chi connectivity index (χ3n) is 6.44. The van der Waals surface area contributed by atoms with E-state index in [0.717, 1.165) is 31.4 Å². The van der Waals surface area contributed by atoms with Gasteiger partial charge in [-0.15, -0.1) is 0 Å². The van der Waals surface area contributed by atoms with Gasteiger partial charge in [0.1, 0.15) is 0 Å². The van der Waals surface area contributed by atoms with Crippen LogP contribution in [0, 0.1) is 30.5 Å². The van der Waals surface area contributed by atoms with Crippen LogP contribution in [0.5, 0.6) is 0 Å². The number of carboxylic acid groups (broad SMARTS) is 1. The quantitative estimate of drug-likeness (QED) is 0.631. The summed E-state index contributed by atoms with van der Waals surface area (Å²) >= 11 is 0. The second kappa shape index (κ2) is 8.72. The van der Waals surface area contributed by atoms with Gasteiger partial charge in [-0.05, 0) is 65.0 Å². The predicted octanol–water partition coefficient (Wildman–Crippen LogP) is 4.73. The molecule has 2 heterocycles. The van der Waals surface area contributed by atoms with Crippen molar-refractivity contribution in [2.24, 2.45) is 27.7 Å². The van der Waals surface area contributed by atoms with Gasteiger partial charge in [0.2, 0.25) is 0 Å². The number of aryl methyl sites for hydroxylation is 1. The minimum Gasteiger partial charge on any atom is -0.481 e. The van der Waals surface area contributed by atoms with E-state index >= 15 is 4.39 Å². The molecule has 1 unspecified atom stereocenters. The highest BCUT2D eigenvalue weighted by Gasteiger charge is 2.47. The summed E-state index contributed by atoms with van der Waals surface area (Å²) in [5, 5.41) is 13.0. The Morgan fingerprint density at radius 2 is 1.91 bits per heavy atom. The number of nitrogens with one attached hydrogen (secondary N) is 1. The predicted molar refractivity (Wildman–Crippen MR) is 122 cm³/mol. The van der Waals surface area contributed by atoms with E-state index in [0.29, 0.717) is 17.1 Å². The van der Waals surface area contributed by atoms with Gasteiger partial charge >= 0.3 is 5.97 Å². The zero-order valence-electron chi connectivity index (χ0n) is 18.5. The van der Waals surface area contributed by atoms with Gasteiger partial charge in [-0.25, -0.2) is 24.3 Å². The molecule has 0 radical (unpaired) electrons. The Kier molecular flexibility index (Phi) is 5.99. The van der Waals surface area contributed by atoms with Crippen LogP contribution >= 0.6 is 0 Å². The van der Waals surface area contributed by atoms with E-state index in [2.05, 4.69) is 37.0 Å². The number of nitrogens with zero attached hydrogens (tertiary/aromatic N) is 5. The first-order valence-corrected chi connectivity index (χ1v) is 10.8. The maximum atomic E-state index is 15.1. The molecule has 8 nitrogen and oxygen atoms in total. The van der Waals surface area contributed by atoms with Gasteiger partial charge in [0.15, 0.2) is 23.3 Å². The van der Waals surface area contributed by atoms with Crippen molar-refractivity contribution in [3.8, 4) is 11.4 Å². The number of hydrogen-bond acceptors (Lipinski definition) is 7. The molecule has 0 aliphatic heterocycles. The van der Waals surface area contributed by atoms with E-state index in [9.17, 15) is 9.90 Å². The average molecular weight is 439 g/mol. The van der Waals surface area contributed by atoms with Crippen LogP contribution in [0.2, 0.25) is 0 Å². The highest BCUT2D eigenvalue weighted by atomic mass is 19.1. The van der Waals surface area contributed by atoms with E-state index in [-0.39, 0.29) is 35.2 Å². The van der Waals surface area contributed by atoms with Gasteiger partial charge in [-0.3, -0.25) is 9.79 Å². The normalized spacial score (nSPS) is 24.1. The van der Waals surface area contributed by atoms with Crippen LogP contribution in [0.1, 0.15) is 45.2 Å². The number of anilines is 1. The maximum Gasteiger partial charge on any atom is 0.308 e. The Morgan fingerprint density at radius 1 is 1.22 bits per heavy atom. The molecule has 5 rings (SSSR count). The molecule has 0 amide bonds. The molecule has 0 spiro atoms. The van der Waals surface area contributed by atoms with Gasteiger partial charge in [0.05, 0.1) is 22.9 Å². The smallest absolute Gasteiger partial charge is 0.308 e. The summed E-state index contributed by atoms with van der Waals surface area (Å²) in [6, 6.07) is 1.31. The van der Waals surface area contributed by atoms with Crippen molar-refractivity contribution < 1.29 is 14.3 Å². The fourth-order valence-corrected chi connectivity index (χ4v) is 4.97. The molecule has 3 fully saturated rings. The molecule has 2 bridgehead atoms. The van der Waals surface area contributed by atoms with Crippen LogP contribution in [-0.2, 0) is 4.79 Å². The number of aromatic nitrogens is 3. The lowest BCUT2D eigenvalue weighted by Crippen LogP contribution is -2.51. The topological polar surface area (TPSA) is 113 Å². The van der Waals surface area contributed by atoms with Gasteiger partial charge < -0.3 is 10.4 Å². The zero-order valence-corrected chi connectivity index (χ0v) is 18.5. The third kappa shape index (κ3) is 4.11. The zero-order chi connectivity index (χ0) is 23.0. The molecule has 3 aliphatic rings. The molecule has 0 saturated heterocycles. The Morgan fingerprint density at radius 3 is 2.53 bits per heavy atom. The highest BCUT2D eigenvalue weighted by molar-refractivity contribution is 5.86. The monoisotopic (exact) mass is 438 g/mol. The number of carboxylic acids is 1. The summed E-state index contributed by atoms with van der Waals surface area (Å²) in [6.07, 6.45) is 5.25. The Labute approximate surface area is 186 Å². The number of hydrogen-bond donors (Lipinski definition) is 2. The third-order valence-corrected chi connectivity index (χ3v) is 6.44. The molecule has 2 aromatic rings. The Balaban J connectivity index is 1.76.